The molecule has 4 heteroatoms. The number of hydrogen-bond donors (Lipinski definition) is 1. The predicted octanol–water partition coefficient (Wildman–Crippen LogP) is 3.14. The van der Waals surface area contributed by atoms with Crippen molar-refractivity contribution in [3.63, 3.8) is 0 Å². The first-order valence-electron chi connectivity index (χ1n) is 8.23. The van der Waals surface area contributed by atoms with Gasteiger partial charge in [0.2, 0.25) is 5.95 Å². The molecule has 0 spiro atoms. The van der Waals surface area contributed by atoms with Gasteiger partial charge in [0.15, 0.2) is 0 Å². The van der Waals surface area contributed by atoms with Gasteiger partial charge in [-0.1, -0.05) is 20.3 Å². The molecule has 1 aliphatic heterocycles. The van der Waals surface area contributed by atoms with Crippen molar-refractivity contribution in [1.29, 1.82) is 0 Å². The fraction of sp³-hybridized carbons (Fsp3) is 0.812. The molecule has 0 saturated carbocycles. The lowest BCUT2D eigenvalue weighted by molar-refractivity contribution is 0.181. The van der Waals surface area contributed by atoms with E-state index in [9.17, 15) is 0 Å². The van der Waals surface area contributed by atoms with Gasteiger partial charge in [0.05, 0.1) is 5.69 Å². The van der Waals surface area contributed by atoms with E-state index in [1.165, 1.54) is 45.3 Å². The third kappa shape index (κ3) is 4.23. The number of imidazole rings is 1. The Morgan fingerprint density at radius 2 is 2.05 bits per heavy atom. The van der Waals surface area contributed by atoms with Gasteiger partial charge in [0, 0.05) is 19.3 Å². The zero-order chi connectivity index (χ0) is 14.4. The fourth-order valence-electron chi connectivity index (χ4n) is 2.97. The molecule has 2 rings (SSSR count). The molecule has 114 valence electrons. The van der Waals surface area contributed by atoms with Crippen LogP contribution in [0.1, 0.15) is 45.2 Å². The van der Waals surface area contributed by atoms with Gasteiger partial charge in [-0.2, -0.15) is 0 Å². The van der Waals surface area contributed by atoms with Crippen LogP contribution in [0.4, 0.5) is 5.95 Å². The summed E-state index contributed by atoms with van der Waals surface area (Å²) in [7, 11) is 0. The Balaban J connectivity index is 1.88. The molecule has 0 aromatic carbocycles. The van der Waals surface area contributed by atoms with E-state index in [-0.39, 0.29) is 0 Å². The van der Waals surface area contributed by atoms with Crippen LogP contribution in [0.2, 0.25) is 0 Å². The monoisotopic (exact) mass is 278 g/mol. The van der Waals surface area contributed by atoms with Crippen molar-refractivity contribution in [1.82, 2.24) is 14.5 Å². The van der Waals surface area contributed by atoms with Crippen molar-refractivity contribution in [2.75, 3.05) is 31.5 Å². The molecule has 2 heterocycles. The van der Waals surface area contributed by atoms with Gasteiger partial charge >= 0.3 is 0 Å². The van der Waals surface area contributed by atoms with E-state index in [1.807, 2.05) is 0 Å². The second kappa shape index (κ2) is 7.67. The van der Waals surface area contributed by atoms with E-state index in [1.54, 1.807) is 0 Å². The van der Waals surface area contributed by atoms with E-state index in [0.717, 1.165) is 30.6 Å². The van der Waals surface area contributed by atoms with Crippen LogP contribution >= 0.6 is 0 Å². The van der Waals surface area contributed by atoms with Crippen LogP contribution in [-0.2, 0) is 6.54 Å². The summed E-state index contributed by atoms with van der Waals surface area (Å²) in [5.74, 6) is 1.87. The molecule has 0 bridgehead atoms. The van der Waals surface area contributed by atoms with E-state index < -0.39 is 0 Å². The summed E-state index contributed by atoms with van der Waals surface area (Å²) in [5.41, 5.74) is 1.12. The normalized spacial score (nSPS) is 17.6. The highest BCUT2D eigenvalue weighted by atomic mass is 15.2. The first kappa shape index (κ1) is 15.4. The number of piperidine rings is 1. The molecule has 0 unspecified atom stereocenters. The number of likely N-dealkylation sites (tertiary alicyclic amines) is 1. The molecule has 0 aliphatic carbocycles. The number of aryl methyl sites for hydroxylation is 1. The van der Waals surface area contributed by atoms with E-state index in [0.29, 0.717) is 0 Å². The van der Waals surface area contributed by atoms with Gasteiger partial charge in [-0.15, -0.1) is 0 Å². The second-order valence-electron chi connectivity index (χ2n) is 6.02. The standard InChI is InChI=1S/C16H30N4/c1-4-6-9-17-16-18-14(3)12-20(16)13-15-7-10-19(5-2)11-8-15/h12,15H,4-11,13H2,1-3H3,(H,17,18). The minimum atomic E-state index is 0.804. The lowest BCUT2D eigenvalue weighted by atomic mass is 9.97. The largest absolute Gasteiger partial charge is 0.356 e. The Kier molecular flexibility index (Phi) is 5.89. The Morgan fingerprint density at radius 1 is 1.30 bits per heavy atom. The Labute approximate surface area is 123 Å². The van der Waals surface area contributed by atoms with Gasteiger partial charge in [-0.25, -0.2) is 4.98 Å². The lowest BCUT2D eigenvalue weighted by Gasteiger charge is -2.31. The smallest absolute Gasteiger partial charge is 0.203 e. The van der Waals surface area contributed by atoms with Crippen LogP contribution in [-0.4, -0.2) is 40.6 Å². The molecule has 1 aromatic heterocycles. The molecule has 0 radical (unpaired) electrons. The van der Waals surface area contributed by atoms with Crippen molar-refractivity contribution < 1.29 is 0 Å². The SMILES string of the molecule is CCCCNc1nc(C)cn1CC1CCN(CC)CC1. The number of aromatic nitrogens is 2. The summed E-state index contributed by atoms with van der Waals surface area (Å²) >= 11 is 0. The molecule has 4 nitrogen and oxygen atoms in total. The molecule has 1 saturated heterocycles. The van der Waals surface area contributed by atoms with E-state index in [2.05, 4.69) is 46.7 Å². The zero-order valence-electron chi connectivity index (χ0n) is 13.4. The molecule has 1 fully saturated rings. The number of rotatable bonds is 7. The number of nitrogens with zero attached hydrogens (tertiary/aromatic N) is 3. The van der Waals surface area contributed by atoms with Crippen molar-refractivity contribution >= 4 is 5.95 Å². The Bertz CT molecular complexity index is 391. The van der Waals surface area contributed by atoms with Crippen LogP contribution in [0.15, 0.2) is 6.20 Å². The van der Waals surface area contributed by atoms with Crippen LogP contribution < -0.4 is 5.32 Å². The number of nitrogens with one attached hydrogen (secondary N) is 1. The minimum absolute atomic E-state index is 0.804. The summed E-state index contributed by atoms with van der Waals surface area (Å²) in [6.45, 7) is 12.4. The van der Waals surface area contributed by atoms with Crippen molar-refractivity contribution in [2.24, 2.45) is 5.92 Å². The molecule has 20 heavy (non-hydrogen) atoms. The molecule has 1 N–H and O–H groups in total. The van der Waals surface area contributed by atoms with Gasteiger partial charge < -0.3 is 14.8 Å². The molecular weight excluding hydrogens is 248 g/mol. The summed E-state index contributed by atoms with van der Waals surface area (Å²) in [6.07, 6.45) is 7.27. The summed E-state index contributed by atoms with van der Waals surface area (Å²) in [6, 6.07) is 0. The van der Waals surface area contributed by atoms with E-state index in [4.69, 9.17) is 0 Å². The minimum Gasteiger partial charge on any atom is -0.356 e. The average Bonchev–Trinajstić information content (AvgIpc) is 2.80. The lowest BCUT2D eigenvalue weighted by Crippen LogP contribution is -2.34. The summed E-state index contributed by atoms with van der Waals surface area (Å²) < 4.78 is 2.33. The number of unbranched alkanes of at least 4 members (excludes halogenated alkanes) is 1. The topological polar surface area (TPSA) is 33.1 Å². The van der Waals surface area contributed by atoms with Crippen LogP contribution in [0.3, 0.4) is 0 Å². The molecule has 0 amide bonds. The Hall–Kier alpha value is -1.03. The second-order valence-corrected chi connectivity index (χ2v) is 6.02. The first-order valence-corrected chi connectivity index (χ1v) is 8.23. The van der Waals surface area contributed by atoms with Crippen LogP contribution in [0.5, 0.6) is 0 Å². The maximum atomic E-state index is 4.62. The van der Waals surface area contributed by atoms with Crippen LogP contribution in [0.25, 0.3) is 0 Å². The first-order chi connectivity index (χ1) is 9.72. The van der Waals surface area contributed by atoms with Gasteiger partial charge in [0.1, 0.15) is 0 Å². The average molecular weight is 278 g/mol. The highest BCUT2D eigenvalue weighted by Crippen LogP contribution is 2.21. The van der Waals surface area contributed by atoms with Crippen molar-refractivity contribution in [3.8, 4) is 0 Å². The van der Waals surface area contributed by atoms with E-state index >= 15 is 0 Å². The highest BCUT2D eigenvalue weighted by molar-refractivity contribution is 5.28. The Morgan fingerprint density at radius 3 is 2.70 bits per heavy atom. The zero-order valence-corrected chi connectivity index (χ0v) is 13.4. The predicted molar refractivity (Wildman–Crippen MR) is 85.2 cm³/mol. The highest BCUT2D eigenvalue weighted by Gasteiger charge is 2.19. The quantitative estimate of drug-likeness (QED) is 0.778. The van der Waals surface area contributed by atoms with Gasteiger partial charge in [-0.3, -0.25) is 0 Å². The maximum Gasteiger partial charge on any atom is 0.203 e. The van der Waals surface area contributed by atoms with Gasteiger partial charge in [-0.05, 0) is 51.7 Å². The maximum absolute atomic E-state index is 4.62. The third-order valence-corrected chi connectivity index (χ3v) is 4.32. The van der Waals surface area contributed by atoms with Crippen molar-refractivity contribution in [3.05, 3.63) is 11.9 Å². The summed E-state index contributed by atoms with van der Waals surface area (Å²) in [4.78, 5) is 7.17. The third-order valence-electron chi connectivity index (χ3n) is 4.32. The fourth-order valence-corrected chi connectivity index (χ4v) is 2.97. The number of anilines is 1. The molecular formula is C16H30N4. The van der Waals surface area contributed by atoms with Crippen molar-refractivity contribution in [2.45, 2.75) is 53.0 Å². The van der Waals surface area contributed by atoms with Gasteiger partial charge in [0.25, 0.3) is 0 Å². The molecule has 1 aliphatic rings. The molecule has 0 atom stereocenters. The number of hydrogen-bond acceptors (Lipinski definition) is 3. The summed E-state index contributed by atoms with van der Waals surface area (Å²) in [5, 5.41) is 3.49. The molecule has 1 aromatic rings. The van der Waals surface area contributed by atoms with Crippen LogP contribution in [0, 0.1) is 12.8 Å².